The van der Waals surface area contributed by atoms with Crippen LogP contribution >= 0.6 is 0 Å². The predicted molar refractivity (Wildman–Crippen MR) is 133 cm³/mol. The van der Waals surface area contributed by atoms with Crippen LogP contribution in [-0.4, -0.2) is 66.6 Å². The standard InChI is InChI=1S/C26H32N4O5/c1-35-20-8-5-18(6-9-20)23(31)28-19-7-10-22(21(17-19)24(32)33)29-15-11-26(12-16-29,25(27)34)30-13-3-2-4-14-30/h5-10,17H,2-4,11-16H2,1H3,(H2,27,34)(H,28,31)(H,32,33). The van der Waals surface area contributed by atoms with Gasteiger partial charge in [0.2, 0.25) is 5.91 Å². The highest BCUT2D eigenvalue weighted by atomic mass is 16.5. The number of piperidine rings is 2. The molecule has 0 spiro atoms. The van der Waals surface area contributed by atoms with E-state index < -0.39 is 11.5 Å². The van der Waals surface area contributed by atoms with Crippen LogP contribution < -0.4 is 20.7 Å². The molecule has 2 aromatic rings. The second-order valence-electron chi connectivity index (χ2n) is 9.15. The van der Waals surface area contributed by atoms with Crippen molar-refractivity contribution in [3.63, 3.8) is 0 Å². The van der Waals surface area contributed by atoms with Crippen molar-refractivity contribution in [1.29, 1.82) is 0 Å². The summed E-state index contributed by atoms with van der Waals surface area (Å²) in [4.78, 5) is 41.4. The molecule has 0 saturated carbocycles. The smallest absolute Gasteiger partial charge is 0.337 e. The van der Waals surface area contributed by atoms with E-state index in [1.54, 1.807) is 43.5 Å². The Kier molecular flexibility index (Phi) is 7.25. The average molecular weight is 481 g/mol. The summed E-state index contributed by atoms with van der Waals surface area (Å²) in [6, 6.07) is 11.5. The Hall–Kier alpha value is -3.59. The van der Waals surface area contributed by atoms with E-state index in [2.05, 4.69) is 10.2 Å². The fraction of sp³-hybridized carbons (Fsp3) is 0.423. The molecule has 0 unspecified atom stereocenters. The van der Waals surface area contributed by atoms with Gasteiger partial charge in [0.05, 0.1) is 18.4 Å². The number of anilines is 2. The summed E-state index contributed by atoms with van der Waals surface area (Å²) >= 11 is 0. The van der Waals surface area contributed by atoms with Crippen LogP contribution in [0.15, 0.2) is 42.5 Å². The molecule has 0 bridgehead atoms. The van der Waals surface area contributed by atoms with Crippen LogP contribution in [-0.2, 0) is 4.79 Å². The fourth-order valence-corrected chi connectivity index (χ4v) is 5.16. The van der Waals surface area contributed by atoms with Crippen LogP contribution in [0.3, 0.4) is 0 Å². The molecule has 4 rings (SSSR count). The van der Waals surface area contributed by atoms with Crippen LogP contribution in [0.4, 0.5) is 11.4 Å². The third kappa shape index (κ3) is 5.09. The molecular weight excluding hydrogens is 448 g/mol. The Labute approximate surface area is 204 Å². The Balaban J connectivity index is 1.49. The lowest BCUT2D eigenvalue weighted by Crippen LogP contribution is -2.63. The third-order valence-electron chi connectivity index (χ3n) is 7.19. The minimum atomic E-state index is -1.08. The van der Waals surface area contributed by atoms with E-state index in [0.717, 1.165) is 25.9 Å². The molecule has 4 N–H and O–H groups in total. The Morgan fingerprint density at radius 1 is 0.971 bits per heavy atom. The molecule has 2 amide bonds. The van der Waals surface area contributed by atoms with E-state index in [0.29, 0.717) is 48.6 Å². The second-order valence-corrected chi connectivity index (χ2v) is 9.15. The van der Waals surface area contributed by atoms with Crippen molar-refractivity contribution in [3.05, 3.63) is 53.6 Å². The molecule has 0 radical (unpaired) electrons. The predicted octanol–water partition coefficient (Wildman–Crippen LogP) is 2.96. The van der Waals surface area contributed by atoms with Gasteiger partial charge in [-0.15, -0.1) is 0 Å². The molecule has 0 aromatic heterocycles. The number of aromatic carboxylic acids is 1. The molecule has 2 heterocycles. The molecule has 9 heteroatoms. The molecule has 2 aliphatic heterocycles. The third-order valence-corrected chi connectivity index (χ3v) is 7.19. The number of methoxy groups -OCH3 is 1. The number of nitrogens with one attached hydrogen (secondary N) is 1. The van der Waals surface area contributed by atoms with E-state index in [9.17, 15) is 19.5 Å². The fourth-order valence-electron chi connectivity index (χ4n) is 5.16. The number of nitrogens with two attached hydrogens (primary N) is 1. The van der Waals surface area contributed by atoms with Gasteiger partial charge in [0.15, 0.2) is 0 Å². The summed E-state index contributed by atoms with van der Waals surface area (Å²) < 4.78 is 5.11. The molecule has 2 aliphatic rings. The molecular formula is C26H32N4O5. The zero-order valence-electron chi connectivity index (χ0n) is 20.0. The summed E-state index contributed by atoms with van der Waals surface area (Å²) in [5.41, 5.74) is 6.70. The number of rotatable bonds is 7. The number of ether oxygens (including phenoxy) is 1. The van der Waals surface area contributed by atoms with Crippen LogP contribution in [0.2, 0.25) is 0 Å². The molecule has 2 fully saturated rings. The number of hydrogen-bond donors (Lipinski definition) is 3. The van der Waals surface area contributed by atoms with E-state index in [1.165, 1.54) is 12.5 Å². The van der Waals surface area contributed by atoms with E-state index in [-0.39, 0.29) is 17.4 Å². The summed E-state index contributed by atoms with van der Waals surface area (Å²) in [6.07, 6.45) is 4.40. The van der Waals surface area contributed by atoms with Crippen LogP contribution in [0.5, 0.6) is 5.75 Å². The number of benzene rings is 2. The monoisotopic (exact) mass is 480 g/mol. The topological polar surface area (TPSA) is 125 Å². The van der Waals surface area contributed by atoms with Crippen molar-refractivity contribution >= 4 is 29.2 Å². The number of nitrogens with zero attached hydrogens (tertiary/aromatic N) is 2. The summed E-state index contributed by atoms with van der Waals surface area (Å²) in [5, 5.41) is 12.7. The molecule has 9 nitrogen and oxygen atoms in total. The van der Waals surface area contributed by atoms with Gasteiger partial charge >= 0.3 is 5.97 Å². The first-order chi connectivity index (χ1) is 16.8. The lowest BCUT2D eigenvalue weighted by atomic mass is 9.83. The van der Waals surface area contributed by atoms with Crippen molar-refractivity contribution in [1.82, 2.24) is 4.90 Å². The van der Waals surface area contributed by atoms with Crippen LogP contribution in [0.25, 0.3) is 0 Å². The normalized spacial score (nSPS) is 18.0. The summed E-state index contributed by atoms with van der Waals surface area (Å²) in [6.45, 7) is 2.78. The lowest BCUT2D eigenvalue weighted by Gasteiger charge is -2.48. The van der Waals surface area contributed by atoms with Crippen molar-refractivity contribution in [2.45, 2.75) is 37.6 Å². The first-order valence-corrected chi connectivity index (χ1v) is 12.0. The largest absolute Gasteiger partial charge is 0.497 e. The molecule has 2 saturated heterocycles. The van der Waals surface area contributed by atoms with Gasteiger partial charge in [0.1, 0.15) is 11.3 Å². The van der Waals surface area contributed by atoms with Gasteiger partial charge in [-0.05, 0) is 81.2 Å². The molecule has 2 aromatic carbocycles. The number of carboxylic acid groups (broad SMARTS) is 1. The quantitative estimate of drug-likeness (QED) is 0.556. The van der Waals surface area contributed by atoms with Gasteiger partial charge in [0.25, 0.3) is 5.91 Å². The van der Waals surface area contributed by atoms with Gasteiger partial charge in [-0.3, -0.25) is 14.5 Å². The van der Waals surface area contributed by atoms with Gasteiger partial charge in [0, 0.05) is 24.3 Å². The highest BCUT2D eigenvalue weighted by Gasteiger charge is 2.45. The number of carbonyl (C=O) groups excluding carboxylic acids is 2. The highest BCUT2D eigenvalue weighted by molar-refractivity contribution is 6.05. The van der Waals surface area contributed by atoms with Gasteiger partial charge in [-0.1, -0.05) is 6.42 Å². The minimum Gasteiger partial charge on any atom is -0.497 e. The van der Waals surface area contributed by atoms with E-state index in [1.807, 2.05) is 4.90 Å². The van der Waals surface area contributed by atoms with Crippen molar-refractivity contribution in [2.75, 3.05) is 43.5 Å². The maximum absolute atomic E-state index is 12.6. The zero-order chi connectivity index (χ0) is 25.0. The highest BCUT2D eigenvalue weighted by Crippen LogP contribution is 2.35. The summed E-state index contributed by atoms with van der Waals surface area (Å²) in [5.74, 6) is -1.08. The number of amides is 2. The Morgan fingerprint density at radius 3 is 2.20 bits per heavy atom. The molecule has 0 aliphatic carbocycles. The van der Waals surface area contributed by atoms with Gasteiger partial charge in [-0.25, -0.2) is 4.79 Å². The number of carbonyl (C=O) groups is 3. The SMILES string of the molecule is COc1ccc(C(=O)Nc2ccc(N3CCC(C(N)=O)(N4CCCCC4)CC3)c(C(=O)O)c2)cc1. The molecule has 0 atom stereocenters. The van der Waals surface area contributed by atoms with E-state index >= 15 is 0 Å². The van der Waals surface area contributed by atoms with Crippen molar-refractivity contribution < 1.29 is 24.2 Å². The van der Waals surface area contributed by atoms with Crippen LogP contribution in [0.1, 0.15) is 52.8 Å². The molecule has 186 valence electrons. The number of primary amides is 1. The van der Waals surface area contributed by atoms with Crippen molar-refractivity contribution in [3.8, 4) is 5.75 Å². The average Bonchev–Trinajstić information content (AvgIpc) is 2.89. The lowest BCUT2D eigenvalue weighted by molar-refractivity contribution is -0.132. The van der Waals surface area contributed by atoms with Crippen molar-refractivity contribution in [2.24, 2.45) is 5.73 Å². The summed E-state index contributed by atoms with van der Waals surface area (Å²) in [7, 11) is 1.55. The van der Waals surface area contributed by atoms with Gasteiger partial charge < -0.3 is 25.8 Å². The van der Waals surface area contributed by atoms with E-state index in [4.69, 9.17) is 10.5 Å². The Bertz CT molecular complexity index is 1090. The number of carboxylic acids is 1. The van der Waals surface area contributed by atoms with Gasteiger partial charge in [-0.2, -0.15) is 0 Å². The zero-order valence-corrected chi connectivity index (χ0v) is 20.0. The molecule has 35 heavy (non-hydrogen) atoms. The Morgan fingerprint density at radius 2 is 1.63 bits per heavy atom. The minimum absolute atomic E-state index is 0.0991. The maximum atomic E-state index is 12.6. The maximum Gasteiger partial charge on any atom is 0.337 e. The number of likely N-dealkylation sites (tertiary alicyclic amines) is 1. The first-order valence-electron chi connectivity index (χ1n) is 12.0. The number of hydrogen-bond acceptors (Lipinski definition) is 6. The first kappa shape index (κ1) is 24.5. The second kappa shape index (κ2) is 10.4. The van der Waals surface area contributed by atoms with Crippen LogP contribution in [0, 0.1) is 0 Å².